The minimum Gasteiger partial charge on any atom is -0.251 e. The molecule has 0 fully saturated rings. The molecule has 0 saturated heterocycles. The van der Waals surface area contributed by atoms with Gasteiger partial charge in [0.05, 0.1) is 12.8 Å². The van der Waals surface area contributed by atoms with Crippen LogP contribution in [0.25, 0.3) is 0 Å². The van der Waals surface area contributed by atoms with Crippen LogP contribution in [0.3, 0.4) is 0 Å². The van der Waals surface area contributed by atoms with Gasteiger partial charge in [0.25, 0.3) is 0 Å². The van der Waals surface area contributed by atoms with Crippen LogP contribution in [0.2, 0.25) is 18.1 Å². The lowest BCUT2D eigenvalue weighted by Gasteiger charge is -2.07. The Morgan fingerprint density at radius 2 is 1.67 bits per heavy atom. The maximum atomic E-state index is 13.3. The monoisotopic (exact) mass is 306 g/mol. The highest BCUT2D eigenvalue weighted by atomic mass is 28.5. The predicted molar refractivity (Wildman–Crippen MR) is 70.6 cm³/mol. The Bertz CT molecular complexity index is 187. The van der Waals surface area contributed by atoms with Crippen LogP contribution >= 0.6 is 0 Å². The van der Waals surface area contributed by atoms with E-state index in [-0.39, 0.29) is 13.1 Å². The van der Waals surface area contributed by atoms with E-state index in [1.807, 2.05) is 0 Å². The number of hydrogen-bond donors (Lipinski definition) is 0. The van der Waals surface area contributed by atoms with Gasteiger partial charge in [-0.25, -0.2) is 16.7 Å². The quantitative estimate of drug-likeness (QED) is 0.216. The second-order valence-electron chi connectivity index (χ2n) is 4.70. The van der Waals surface area contributed by atoms with Gasteiger partial charge in [0.1, 0.15) is 0 Å². The molecule has 110 valence electrons. The third-order valence-electron chi connectivity index (χ3n) is 2.88. The topological polar surface area (TPSA) is 0 Å². The molecule has 1 unspecified atom stereocenters. The second-order valence-corrected chi connectivity index (χ2v) is 8.43. The standard InChI is InChI=1S/C11H23F5Si2/c12-7-3-1-2-6-11(13)10-17-8-4-5-9-18(14,15)16/h11H,1-10,17H2. The van der Waals surface area contributed by atoms with Crippen LogP contribution in [0.5, 0.6) is 0 Å². The van der Waals surface area contributed by atoms with Crippen molar-refractivity contribution in [3.05, 3.63) is 0 Å². The summed E-state index contributed by atoms with van der Waals surface area (Å²) < 4.78 is 60.9. The summed E-state index contributed by atoms with van der Waals surface area (Å²) in [6.07, 6.45) is 2.47. The third kappa shape index (κ3) is 14.1. The Labute approximate surface area is 110 Å². The van der Waals surface area contributed by atoms with Crippen LogP contribution in [0, 0.1) is 0 Å². The average molecular weight is 306 g/mol. The zero-order valence-corrected chi connectivity index (χ0v) is 13.2. The van der Waals surface area contributed by atoms with E-state index in [9.17, 15) is 21.1 Å². The lowest BCUT2D eigenvalue weighted by atomic mass is 10.1. The first-order valence-electron chi connectivity index (χ1n) is 6.72. The highest BCUT2D eigenvalue weighted by Crippen LogP contribution is 2.19. The fourth-order valence-electron chi connectivity index (χ4n) is 1.83. The summed E-state index contributed by atoms with van der Waals surface area (Å²) in [6.45, 7) is -0.339. The minimum atomic E-state index is -5.35. The van der Waals surface area contributed by atoms with Crippen molar-refractivity contribution in [3.8, 4) is 0 Å². The molecule has 1 atom stereocenters. The lowest BCUT2D eigenvalue weighted by Crippen LogP contribution is -2.13. The van der Waals surface area contributed by atoms with Gasteiger partial charge in [0.2, 0.25) is 0 Å². The molecule has 0 aliphatic carbocycles. The first-order valence-corrected chi connectivity index (χ1v) is 10.6. The van der Waals surface area contributed by atoms with Crippen LogP contribution in [0.15, 0.2) is 0 Å². The largest absolute Gasteiger partial charge is 0.616 e. The lowest BCUT2D eigenvalue weighted by molar-refractivity contribution is 0.326. The minimum absolute atomic E-state index is 0.232. The summed E-state index contributed by atoms with van der Waals surface area (Å²) in [6, 6.07) is 0.804. The van der Waals surface area contributed by atoms with Crippen LogP contribution in [-0.2, 0) is 0 Å². The van der Waals surface area contributed by atoms with Gasteiger partial charge in [0.15, 0.2) is 0 Å². The zero-order chi connectivity index (χ0) is 13.9. The van der Waals surface area contributed by atoms with Crippen molar-refractivity contribution in [2.75, 3.05) is 6.67 Å². The van der Waals surface area contributed by atoms with E-state index in [0.717, 1.165) is 18.9 Å². The van der Waals surface area contributed by atoms with Crippen LogP contribution in [0.4, 0.5) is 21.1 Å². The van der Waals surface area contributed by atoms with Crippen molar-refractivity contribution >= 4 is 18.6 Å². The number of hydrogen-bond acceptors (Lipinski definition) is 0. The van der Waals surface area contributed by atoms with Gasteiger partial charge in [-0.1, -0.05) is 25.3 Å². The molecule has 0 radical (unpaired) electrons. The number of alkyl halides is 2. The fourth-order valence-corrected chi connectivity index (χ4v) is 4.20. The molecular weight excluding hydrogens is 283 g/mol. The van der Waals surface area contributed by atoms with Gasteiger partial charge in [0, 0.05) is 15.6 Å². The molecule has 0 aromatic carbocycles. The molecule has 0 aromatic rings. The molecule has 0 N–H and O–H groups in total. The first kappa shape index (κ1) is 18.1. The maximum Gasteiger partial charge on any atom is 0.616 e. The van der Waals surface area contributed by atoms with Crippen molar-refractivity contribution < 1.29 is 21.1 Å². The Hall–Kier alpha value is 0.0838. The number of rotatable bonds is 12. The van der Waals surface area contributed by atoms with Crippen molar-refractivity contribution in [1.82, 2.24) is 0 Å². The van der Waals surface area contributed by atoms with Crippen LogP contribution in [0.1, 0.15) is 38.5 Å². The van der Waals surface area contributed by atoms with Gasteiger partial charge in [-0.2, -0.15) is 0 Å². The van der Waals surface area contributed by atoms with E-state index in [1.54, 1.807) is 0 Å². The molecule has 0 aromatic heterocycles. The SMILES string of the molecule is FCCCCCC(F)C[SiH2]CCCC[Si](F)(F)F. The fraction of sp³-hybridized carbons (Fsp3) is 1.00. The smallest absolute Gasteiger partial charge is 0.251 e. The molecule has 0 heterocycles. The summed E-state index contributed by atoms with van der Waals surface area (Å²) in [5.41, 5.74) is 0. The second kappa shape index (κ2) is 11.0. The average Bonchev–Trinajstić information content (AvgIpc) is 2.28. The Morgan fingerprint density at radius 3 is 2.28 bits per heavy atom. The molecule has 0 rings (SSSR count). The Kier molecular flexibility index (Phi) is 11.0. The zero-order valence-electron chi connectivity index (χ0n) is 10.7. The van der Waals surface area contributed by atoms with E-state index < -0.39 is 30.8 Å². The van der Waals surface area contributed by atoms with Gasteiger partial charge >= 0.3 is 9.08 Å². The molecular formula is C11H23F5Si2. The molecule has 7 heteroatoms. The summed E-state index contributed by atoms with van der Waals surface area (Å²) in [5.74, 6) is 0. The van der Waals surface area contributed by atoms with E-state index in [1.165, 1.54) is 0 Å². The van der Waals surface area contributed by atoms with Crippen molar-refractivity contribution in [2.45, 2.75) is 62.8 Å². The summed E-state index contributed by atoms with van der Waals surface area (Å²) in [7, 11) is -5.89. The Balaban J connectivity index is 3.22. The highest BCUT2D eigenvalue weighted by Gasteiger charge is 2.35. The summed E-state index contributed by atoms with van der Waals surface area (Å²) >= 11 is 0. The molecule has 0 aliphatic heterocycles. The van der Waals surface area contributed by atoms with E-state index in [0.29, 0.717) is 25.3 Å². The summed E-state index contributed by atoms with van der Waals surface area (Å²) in [5, 5.41) is 0. The van der Waals surface area contributed by atoms with Gasteiger partial charge in [-0.15, -0.1) is 0 Å². The van der Waals surface area contributed by atoms with Crippen molar-refractivity contribution in [1.29, 1.82) is 0 Å². The third-order valence-corrected chi connectivity index (χ3v) is 5.83. The molecule has 0 aliphatic rings. The Morgan fingerprint density at radius 1 is 0.944 bits per heavy atom. The molecule has 0 spiro atoms. The van der Waals surface area contributed by atoms with E-state index in [2.05, 4.69) is 0 Å². The molecule has 18 heavy (non-hydrogen) atoms. The first-order chi connectivity index (χ1) is 8.45. The highest BCUT2D eigenvalue weighted by molar-refractivity contribution is 6.58. The van der Waals surface area contributed by atoms with E-state index in [4.69, 9.17) is 0 Å². The van der Waals surface area contributed by atoms with Crippen LogP contribution < -0.4 is 0 Å². The van der Waals surface area contributed by atoms with Crippen molar-refractivity contribution in [2.24, 2.45) is 0 Å². The molecule has 0 amide bonds. The molecule has 0 nitrogen and oxygen atoms in total. The van der Waals surface area contributed by atoms with Gasteiger partial charge < -0.3 is 0 Å². The van der Waals surface area contributed by atoms with Gasteiger partial charge in [-0.05, 0) is 25.3 Å². The van der Waals surface area contributed by atoms with Crippen LogP contribution in [-0.4, -0.2) is 31.4 Å². The maximum absolute atomic E-state index is 13.3. The summed E-state index contributed by atoms with van der Waals surface area (Å²) in [4.78, 5) is 0. The predicted octanol–water partition coefficient (Wildman–Crippen LogP) is 4.49. The van der Waals surface area contributed by atoms with Gasteiger partial charge in [-0.3, -0.25) is 4.39 Å². The number of halogens is 5. The van der Waals surface area contributed by atoms with E-state index >= 15 is 0 Å². The normalized spacial score (nSPS) is 14.5. The molecule has 0 saturated carbocycles. The van der Waals surface area contributed by atoms with Crippen molar-refractivity contribution in [3.63, 3.8) is 0 Å². The number of unbranched alkanes of at least 4 members (excludes halogenated alkanes) is 3. The molecule has 0 bridgehead atoms.